The molecule has 0 N–H and O–H groups in total. The van der Waals surface area contributed by atoms with Crippen LogP contribution in [0.4, 0.5) is 0 Å². The van der Waals surface area contributed by atoms with Gasteiger partial charge in [-0.05, 0) is 37.8 Å². The van der Waals surface area contributed by atoms with Crippen molar-refractivity contribution in [3.63, 3.8) is 0 Å². The number of aryl methyl sites for hydroxylation is 1. The summed E-state index contributed by atoms with van der Waals surface area (Å²) < 4.78 is 5.80. The summed E-state index contributed by atoms with van der Waals surface area (Å²) in [6.45, 7) is 6.52. The van der Waals surface area contributed by atoms with Gasteiger partial charge in [-0.15, -0.1) is 0 Å². The van der Waals surface area contributed by atoms with Crippen LogP contribution in [0.1, 0.15) is 25.0 Å². The Balaban J connectivity index is 2.37. The lowest BCUT2D eigenvalue weighted by Crippen LogP contribution is -2.27. The fraction of sp³-hybridized carbons (Fsp3) is 0.500. The molecule has 70 valence electrons. The lowest BCUT2D eigenvalue weighted by Gasteiger charge is -2.29. The van der Waals surface area contributed by atoms with Crippen LogP contribution in [0.3, 0.4) is 0 Å². The van der Waals surface area contributed by atoms with Crippen LogP contribution >= 0.6 is 0 Å². The van der Waals surface area contributed by atoms with Crippen molar-refractivity contribution in [3.05, 3.63) is 29.3 Å². The molecule has 0 aromatic heterocycles. The van der Waals surface area contributed by atoms with Crippen molar-refractivity contribution in [3.8, 4) is 5.75 Å². The molecule has 0 saturated heterocycles. The van der Waals surface area contributed by atoms with Gasteiger partial charge in [-0.2, -0.15) is 0 Å². The zero-order valence-corrected chi connectivity index (χ0v) is 8.50. The first kappa shape index (κ1) is 8.61. The molecule has 13 heavy (non-hydrogen) atoms. The average molecular weight is 176 g/mol. The molecule has 0 aliphatic carbocycles. The molecule has 1 aromatic carbocycles. The van der Waals surface area contributed by atoms with Gasteiger partial charge in [0.05, 0.1) is 6.10 Å². The van der Waals surface area contributed by atoms with E-state index in [0.29, 0.717) is 12.0 Å². The van der Waals surface area contributed by atoms with E-state index in [9.17, 15) is 0 Å². The van der Waals surface area contributed by atoms with E-state index < -0.39 is 0 Å². The monoisotopic (exact) mass is 176 g/mol. The number of hydrogen-bond donors (Lipinski definition) is 0. The van der Waals surface area contributed by atoms with Gasteiger partial charge in [0, 0.05) is 0 Å². The highest BCUT2D eigenvalue weighted by molar-refractivity contribution is 5.38. The third-order valence-corrected chi connectivity index (χ3v) is 2.87. The number of hydrogen-bond acceptors (Lipinski definition) is 1. The third kappa shape index (κ3) is 1.55. The highest BCUT2D eigenvalue weighted by Crippen LogP contribution is 2.30. The number of rotatable bonds is 0. The lowest BCUT2D eigenvalue weighted by molar-refractivity contribution is 0.139. The zero-order valence-electron chi connectivity index (χ0n) is 8.50. The van der Waals surface area contributed by atoms with E-state index in [-0.39, 0.29) is 0 Å². The Kier molecular flexibility index (Phi) is 2.03. The van der Waals surface area contributed by atoms with Crippen molar-refractivity contribution in [1.82, 2.24) is 0 Å². The fourth-order valence-corrected chi connectivity index (χ4v) is 1.81. The standard InChI is InChI=1S/C12H16O/c1-8-4-5-12-11(6-8)7-9(2)10(3)13-12/h4-6,9-10H,7H2,1-3H3. The molecule has 0 spiro atoms. The molecular formula is C12H16O. The van der Waals surface area contributed by atoms with Crippen LogP contribution in [0.25, 0.3) is 0 Å². The summed E-state index contributed by atoms with van der Waals surface area (Å²) >= 11 is 0. The van der Waals surface area contributed by atoms with E-state index in [1.165, 1.54) is 11.1 Å². The summed E-state index contributed by atoms with van der Waals surface area (Å²) in [4.78, 5) is 0. The smallest absolute Gasteiger partial charge is 0.122 e. The van der Waals surface area contributed by atoms with Crippen LogP contribution in [-0.4, -0.2) is 6.10 Å². The maximum absolute atomic E-state index is 5.80. The van der Waals surface area contributed by atoms with E-state index >= 15 is 0 Å². The largest absolute Gasteiger partial charge is 0.490 e. The molecule has 0 fully saturated rings. The molecule has 2 atom stereocenters. The molecular weight excluding hydrogens is 160 g/mol. The first-order valence-electron chi connectivity index (χ1n) is 4.93. The molecule has 0 bridgehead atoms. The Labute approximate surface area is 79.7 Å². The predicted octanol–water partition coefficient (Wildman–Crippen LogP) is 2.95. The Hall–Kier alpha value is -0.980. The van der Waals surface area contributed by atoms with Gasteiger partial charge in [0.25, 0.3) is 0 Å². The van der Waals surface area contributed by atoms with Crippen LogP contribution in [0.2, 0.25) is 0 Å². The Bertz CT molecular complexity index is 317. The minimum atomic E-state index is 0.357. The summed E-state index contributed by atoms with van der Waals surface area (Å²) in [5.41, 5.74) is 2.69. The lowest BCUT2D eigenvalue weighted by atomic mass is 9.92. The van der Waals surface area contributed by atoms with Crippen LogP contribution in [0.5, 0.6) is 5.75 Å². The highest BCUT2D eigenvalue weighted by atomic mass is 16.5. The average Bonchev–Trinajstić information content (AvgIpc) is 2.08. The summed E-state index contributed by atoms with van der Waals surface area (Å²) in [5.74, 6) is 1.71. The molecule has 1 heteroatoms. The van der Waals surface area contributed by atoms with Gasteiger partial charge in [0.2, 0.25) is 0 Å². The van der Waals surface area contributed by atoms with Crippen LogP contribution < -0.4 is 4.74 Å². The highest BCUT2D eigenvalue weighted by Gasteiger charge is 2.22. The first-order valence-corrected chi connectivity index (χ1v) is 4.93. The second-order valence-electron chi connectivity index (χ2n) is 4.12. The Morgan fingerprint density at radius 2 is 2.08 bits per heavy atom. The van der Waals surface area contributed by atoms with E-state index in [1.54, 1.807) is 0 Å². The summed E-state index contributed by atoms with van der Waals surface area (Å²) in [6.07, 6.45) is 1.51. The van der Waals surface area contributed by atoms with Crippen LogP contribution in [0, 0.1) is 12.8 Å². The maximum Gasteiger partial charge on any atom is 0.122 e. The molecule has 0 saturated carbocycles. The maximum atomic E-state index is 5.80. The fourth-order valence-electron chi connectivity index (χ4n) is 1.81. The molecule has 1 aliphatic heterocycles. The van der Waals surface area contributed by atoms with Gasteiger partial charge >= 0.3 is 0 Å². The number of ether oxygens (including phenoxy) is 1. The van der Waals surface area contributed by atoms with Crippen LogP contribution in [0.15, 0.2) is 18.2 Å². The molecule has 1 nitrogen and oxygen atoms in total. The minimum absolute atomic E-state index is 0.357. The molecule has 2 unspecified atom stereocenters. The van der Waals surface area contributed by atoms with Crippen molar-refractivity contribution in [2.24, 2.45) is 5.92 Å². The Morgan fingerprint density at radius 1 is 1.31 bits per heavy atom. The third-order valence-electron chi connectivity index (χ3n) is 2.87. The minimum Gasteiger partial charge on any atom is -0.490 e. The zero-order chi connectivity index (χ0) is 9.42. The summed E-state index contributed by atoms with van der Waals surface area (Å²) in [5, 5.41) is 0. The van der Waals surface area contributed by atoms with Crippen LogP contribution in [-0.2, 0) is 6.42 Å². The van der Waals surface area contributed by atoms with Crippen molar-refractivity contribution >= 4 is 0 Å². The van der Waals surface area contributed by atoms with E-state index in [2.05, 4.69) is 39.0 Å². The predicted molar refractivity (Wildman–Crippen MR) is 54.1 cm³/mol. The van der Waals surface area contributed by atoms with Gasteiger partial charge in [0.15, 0.2) is 0 Å². The van der Waals surface area contributed by atoms with Crippen molar-refractivity contribution in [2.75, 3.05) is 0 Å². The second kappa shape index (κ2) is 3.06. The van der Waals surface area contributed by atoms with E-state index in [1.807, 2.05) is 0 Å². The van der Waals surface area contributed by atoms with Crippen molar-refractivity contribution in [2.45, 2.75) is 33.3 Å². The van der Waals surface area contributed by atoms with Gasteiger partial charge in [0.1, 0.15) is 5.75 Å². The molecule has 1 aliphatic rings. The van der Waals surface area contributed by atoms with Crippen molar-refractivity contribution < 1.29 is 4.74 Å². The molecule has 2 rings (SSSR count). The summed E-state index contributed by atoms with van der Waals surface area (Å²) in [6, 6.07) is 6.44. The number of benzene rings is 1. The van der Waals surface area contributed by atoms with Gasteiger partial charge < -0.3 is 4.74 Å². The molecule has 0 radical (unpaired) electrons. The summed E-state index contributed by atoms with van der Waals surface area (Å²) in [7, 11) is 0. The van der Waals surface area contributed by atoms with E-state index in [0.717, 1.165) is 12.2 Å². The SMILES string of the molecule is Cc1ccc2c(c1)CC(C)C(C)O2. The first-order chi connectivity index (χ1) is 6.16. The molecule has 1 aromatic rings. The molecule has 0 amide bonds. The van der Waals surface area contributed by atoms with Gasteiger partial charge in [-0.1, -0.05) is 24.6 Å². The quantitative estimate of drug-likeness (QED) is 0.590. The molecule has 1 heterocycles. The number of fused-ring (bicyclic) bond motifs is 1. The van der Waals surface area contributed by atoms with Gasteiger partial charge in [-0.3, -0.25) is 0 Å². The van der Waals surface area contributed by atoms with E-state index in [4.69, 9.17) is 4.74 Å². The topological polar surface area (TPSA) is 9.23 Å². The second-order valence-corrected chi connectivity index (χ2v) is 4.12. The van der Waals surface area contributed by atoms with Crippen molar-refractivity contribution in [1.29, 1.82) is 0 Å². The van der Waals surface area contributed by atoms with Gasteiger partial charge in [-0.25, -0.2) is 0 Å². The Morgan fingerprint density at radius 3 is 2.85 bits per heavy atom. The normalized spacial score (nSPS) is 26.4.